The van der Waals surface area contributed by atoms with Crippen LogP contribution in [0.25, 0.3) is 10.8 Å². The number of methoxy groups -OCH3 is 1. The molecule has 3 aromatic rings. The number of fused-ring (bicyclic) bond motifs is 1. The van der Waals surface area contributed by atoms with Gasteiger partial charge in [-0.3, -0.25) is 0 Å². The summed E-state index contributed by atoms with van der Waals surface area (Å²) in [5.41, 5.74) is 1.03. The third kappa shape index (κ3) is 2.57. The Morgan fingerprint density at radius 3 is 2.05 bits per heavy atom. The fourth-order valence-corrected chi connectivity index (χ4v) is 3.65. The molecule has 3 aromatic carbocycles. The van der Waals surface area contributed by atoms with E-state index in [0.29, 0.717) is 9.79 Å². The zero-order chi connectivity index (χ0) is 15.7. The fourth-order valence-electron chi connectivity index (χ4n) is 2.35. The minimum atomic E-state index is -3.49. The quantitative estimate of drug-likeness (QED) is 0.734. The molecule has 4 heteroatoms. The summed E-state index contributed by atoms with van der Waals surface area (Å²) in [7, 11) is -1.89. The maximum Gasteiger partial charge on any atom is 0.206 e. The number of sulfone groups is 1. The second kappa shape index (κ2) is 5.46. The maximum absolute atomic E-state index is 12.7. The summed E-state index contributed by atoms with van der Waals surface area (Å²) in [6.45, 7) is 1.93. The first kappa shape index (κ1) is 14.6. The Morgan fingerprint density at radius 2 is 1.36 bits per heavy atom. The van der Waals surface area contributed by atoms with Gasteiger partial charge in [0.15, 0.2) is 0 Å². The van der Waals surface area contributed by atoms with Crippen molar-refractivity contribution >= 4 is 20.6 Å². The molecule has 0 heterocycles. The van der Waals surface area contributed by atoms with Gasteiger partial charge < -0.3 is 4.74 Å². The van der Waals surface area contributed by atoms with Crippen LogP contribution in [-0.4, -0.2) is 15.5 Å². The molecule has 3 rings (SSSR count). The average molecular weight is 312 g/mol. The van der Waals surface area contributed by atoms with E-state index in [0.717, 1.165) is 22.1 Å². The van der Waals surface area contributed by atoms with Crippen LogP contribution in [0.3, 0.4) is 0 Å². The summed E-state index contributed by atoms with van der Waals surface area (Å²) in [5.74, 6) is 0.752. The van der Waals surface area contributed by atoms with Crippen molar-refractivity contribution in [2.45, 2.75) is 16.7 Å². The average Bonchev–Trinajstić information content (AvgIpc) is 2.54. The molecule has 0 bridgehead atoms. The lowest BCUT2D eigenvalue weighted by Gasteiger charge is -2.07. The van der Waals surface area contributed by atoms with Gasteiger partial charge in [-0.05, 0) is 54.1 Å². The van der Waals surface area contributed by atoms with Crippen LogP contribution < -0.4 is 4.74 Å². The molecule has 0 aliphatic rings. The standard InChI is InChI=1S/C18H16O3S/c1-13-3-8-17(9-4-13)22(19,20)18-10-6-14-11-16(21-2)7-5-15(14)12-18/h3-12H,1-2H3. The van der Waals surface area contributed by atoms with Crippen LogP contribution in [0.2, 0.25) is 0 Å². The van der Waals surface area contributed by atoms with Gasteiger partial charge in [0, 0.05) is 0 Å². The molecule has 0 fully saturated rings. The van der Waals surface area contributed by atoms with Gasteiger partial charge in [-0.1, -0.05) is 29.8 Å². The molecule has 0 aliphatic carbocycles. The van der Waals surface area contributed by atoms with E-state index in [2.05, 4.69) is 0 Å². The van der Waals surface area contributed by atoms with Crippen LogP contribution in [0.1, 0.15) is 5.56 Å². The summed E-state index contributed by atoms with van der Waals surface area (Å²) in [4.78, 5) is 0.611. The monoisotopic (exact) mass is 312 g/mol. The topological polar surface area (TPSA) is 43.4 Å². The summed E-state index contributed by atoms with van der Waals surface area (Å²) in [5, 5.41) is 1.82. The van der Waals surface area contributed by atoms with Crippen LogP contribution in [-0.2, 0) is 9.84 Å². The van der Waals surface area contributed by atoms with Gasteiger partial charge in [-0.15, -0.1) is 0 Å². The first-order valence-electron chi connectivity index (χ1n) is 6.90. The molecule has 0 spiro atoms. The summed E-state index contributed by atoms with van der Waals surface area (Å²) in [6, 6.07) is 17.6. The fraction of sp³-hybridized carbons (Fsp3) is 0.111. The Kier molecular flexibility index (Phi) is 3.62. The molecule has 0 aromatic heterocycles. The molecule has 0 radical (unpaired) electrons. The second-order valence-electron chi connectivity index (χ2n) is 5.19. The van der Waals surface area contributed by atoms with Crippen molar-refractivity contribution in [3.8, 4) is 5.75 Å². The van der Waals surface area contributed by atoms with Gasteiger partial charge in [0.05, 0.1) is 16.9 Å². The van der Waals surface area contributed by atoms with E-state index in [1.54, 1.807) is 49.6 Å². The van der Waals surface area contributed by atoms with E-state index in [4.69, 9.17) is 4.74 Å². The molecule has 0 saturated carbocycles. The summed E-state index contributed by atoms with van der Waals surface area (Å²) < 4.78 is 30.6. The van der Waals surface area contributed by atoms with Gasteiger partial charge >= 0.3 is 0 Å². The predicted molar refractivity (Wildman–Crippen MR) is 87.1 cm³/mol. The van der Waals surface area contributed by atoms with Gasteiger partial charge in [0.2, 0.25) is 9.84 Å². The van der Waals surface area contributed by atoms with Crippen LogP contribution >= 0.6 is 0 Å². The molecule has 0 saturated heterocycles. The Hall–Kier alpha value is -2.33. The first-order valence-corrected chi connectivity index (χ1v) is 8.38. The normalized spacial score (nSPS) is 11.5. The van der Waals surface area contributed by atoms with E-state index < -0.39 is 9.84 Å². The molecule has 0 amide bonds. The Bertz CT molecular complexity index is 926. The van der Waals surface area contributed by atoms with Crippen LogP contribution in [0.4, 0.5) is 0 Å². The van der Waals surface area contributed by atoms with Gasteiger partial charge in [0.1, 0.15) is 5.75 Å². The van der Waals surface area contributed by atoms with Gasteiger partial charge in [0.25, 0.3) is 0 Å². The molecule has 0 unspecified atom stereocenters. The van der Waals surface area contributed by atoms with Crippen molar-refractivity contribution in [2.24, 2.45) is 0 Å². The number of ether oxygens (including phenoxy) is 1. The molecular formula is C18H16O3S. The smallest absolute Gasteiger partial charge is 0.206 e. The molecule has 22 heavy (non-hydrogen) atoms. The number of hydrogen-bond donors (Lipinski definition) is 0. The first-order chi connectivity index (χ1) is 10.5. The summed E-state index contributed by atoms with van der Waals surface area (Å²) >= 11 is 0. The second-order valence-corrected chi connectivity index (χ2v) is 7.14. The third-order valence-electron chi connectivity index (χ3n) is 3.66. The lowest BCUT2D eigenvalue weighted by molar-refractivity contribution is 0.415. The predicted octanol–water partition coefficient (Wildman–Crippen LogP) is 3.99. The Morgan fingerprint density at radius 1 is 0.773 bits per heavy atom. The zero-order valence-corrected chi connectivity index (χ0v) is 13.2. The third-order valence-corrected chi connectivity index (χ3v) is 5.43. The van der Waals surface area contributed by atoms with Crippen molar-refractivity contribution in [1.82, 2.24) is 0 Å². The van der Waals surface area contributed by atoms with Crippen molar-refractivity contribution < 1.29 is 13.2 Å². The number of benzene rings is 3. The number of hydrogen-bond acceptors (Lipinski definition) is 3. The van der Waals surface area contributed by atoms with Crippen molar-refractivity contribution in [3.05, 3.63) is 66.2 Å². The molecule has 112 valence electrons. The van der Waals surface area contributed by atoms with E-state index >= 15 is 0 Å². The lowest BCUT2D eigenvalue weighted by Crippen LogP contribution is -2.01. The van der Waals surface area contributed by atoms with Crippen LogP contribution in [0.15, 0.2) is 70.5 Å². The molecular weight excluding hydrogens is 296 g/mol. The highest BCUT2D eigenvalue weighted by atomic mass is 32.2. The molecule has 0 N–H and O–H groups in total. The SMILES string of the molecule is COc1ccc2cc(S(=O)(=O)c3ccc(C)cc3)ccc2c1. The van der Waals surface area contributed by atoms with Crippen molar-refractivity contribution in [1.29, 1.82) is 0 Å². The van der Waals surface area contributed by atoms with E-state index in [-0.39, 0.29) is 0 Å². The molecule has 0 aliphatic heterocycles. The maximum atomic E-state index is 12.7. The molecule has 3 nitrogen and oxygen atoms in total. The highest BCUT2D eigenvalue weighted by Gasteiger charge is 2.17. The van der Waals surface area contributed by atoms with E-state index in [1.807, 2.05) is 25.1 Å². The Balaban J connectivity index is 2.11. The van der Waals surface area contributed by atoms with E-state index in [1.165, 1.54) is 0 Å². The van der Waals surface area contributed by atoms with E-state index in [9.17, 15) is 8.42 Å². The minimum absolute atomic E-state index is 0.300. The lowest BCUT2D eigenvalue weighted by atomic mass is 10.1. The largest absolute Gasteiger partial charge is 0.497 e. The van der Waals surface area contributed by atoms with Gasteiger partial charge in [-0.25, -0.2) is 8.42 Å². The van der Waals surface area contributed by atoms with Crippen molar-refractivity contribution in [2.75, 3.05) is 7.11 Å². The zero-order valence-electron chi connectivity index (χ0n) is 12.4. The van der Waals surface area contributed by atoms with Gasteiger partial charge in [-0.2, -0.15) is 0 Å². The highest BCUT2D eigenvalue weighted by Crippen LogP contribution is 2.27. The summed E-state index contributed by atoms with van der Waals surface area (Å²) in [6.07, 6.45) is 0. The van der Waals surface area contributed by atoms with Crippen molar-refractivity contribution in [3.63, 3.8) is 0 Å². The molecule has 0 atom stereocenters. The Labute approximate surface area is 130 Å². The minimum Gasteiger partial charge on any atom is -0.497 e. The van der Waals surface area contributed by atoms with Crippen LogP contribution in [0.5, 0.6) is 5.75 Å². The number of rotatable bonds is 3. The highest BCUT2D eigenvalue weighted by molar-refractivity contribution is 7.91. The number of aryl methyl sites for hydroxylation is 1. The van der Waals surface area contributed by atoms with Crippen LogP contribution in [0, 0.1) is 6.92 Å².